The topological polar surface area (TPSA) is 46.3 Å². The zero-order valence-electron chi connectivity index (χ0n) is 10.3. The molecule has 1 aromatic rings. The van der Waals surface area contributed by atoms with Crippen LogP contribution in [0.15, 0.2) is 16.8 Å². The Labute approximate surface area is 107 Å². The van der Waals surface area contributed by atoms with E-state index in [4.69, 9.17) is 5.73 Å². The van der Waals surface area contributed by atoms with E-state index in [9.17, 15) is 4.79 Å². The molecule has 17 heavy (non-hydrogen) atoms. The van der Waals surface area contributed by atoms with Crippen LogP contribution in [0.4, 0.5) is 0 Å². The molecule has 1 aliphatic rings. The molecule has 0 saturated carbocycles. The molecule has 2 rings (SSSR count). The van der Waals surface area contributed by atoms with Crippen LogP contribution in [0.5, 0.6) is 0 Å². The van der Waals surface area contributed by atoms with E-state index in [1.807, 2.05) is 11.8 Å². The van der Waals surface area contributed by atoms with E-state index in [1.54, 1.807) is 11.3 Å². The summed E-state index contributed by atoms with van der Waals surface area (Å²) in [7, 11) is 0. The lowest BCUT2D eigenvalue weighted by molar-refractivity contribution is -0.132. The van der Waals surface area contributed by atoms with E-state index in [0.717, 1.165) is 25.8 Å². The normalized spacial score (nSPS) is 21.8. The predicted octanol–water partition coefficient (Wildman–Crippen LogP) is 2.54. The van der Waals surface area contributed by atoms with Gasteiger partial charge in [-0.05, 0) is 48.6 Å². The highest BCUT2D eigenvalue weighted by Crippen LogP contribution is 2.33. The average Bonchev–Trinajstić information content (AvgIpc) is 2.94. The van der Waals surface area contributed by atoms with Crippen LogP contribution in [0.25, 0.3) is 0 Å². The molecule has 0 radical (unpaired) electrons. The maximum atomic E-state index is 12.1. The van der Waals surface area contributed by atoms with Crippen molar-refractivity contribution < 1.29 is 4.79 Å². The molecule has 0 aliphatic carbocycles. The lowest BCUT2D eigenvalue weighted by atomic mass is 10.1. The molecule has 0 spiro atoms. The SMILES string of the molecule is CC(N)CCC(=O)N1CCCC1c1ccsc1. The summed E-state index contributed by atoms with van der Waals surface area (Å²) in [6.45, 7) is 2.85. The zero-order valence-corrected chi connectivity index (χ0v) is 11.1. The summed E-state index contributed by atoms with van der Waals surface area (Å²) in [6.07, 6.45) is 3.58. The van der Waals surface area contributed by atoms with Crippen molar-refractivity contribution >= 4 is 17.2 Å². The first-order chi connectivity index (χ1) is 8.18. The molecule has 3 nitrogen and oxygen atoms in total. The van der Waals surface area contributed by atoms with E-state index in [-0.39, 0.29) is 11.9 Å². The highest BCUT2D eigenvalue weighted by Gasteiger charge is 2.29. The largest absolute Gasteiger partial charge is 0.336 e. The van der Waals surface area contributed by atoms with Gasteiger partial charge in [-0.3, -0.25) is 4.79 Å². The van der Waals surface area contributed by atoms with Crippen molar-refractivity contribution in [2.75, 3.05) is 6.54 Å². The van der Waals surface area contributed by atoms with Crippen LogP contribution < -0.4 is 5.73 Å². The van der Waals surface area contributed by atoms with E-state index in [0.29, 0.717) is 12.5 Å². The third-order valence-electron chi connectivity index (χ3n) is 3.31. The first-order valence-corrected chi connectivity index (χ1v) is 7.20. The molecule has 0 bridgehead atoms. The van der Waals surface area contributed by atoms with Crippen LogP contribution in [0.1, 0.15) is 44.2 Å². The van der Waals surface area contributed by atoms with Crippen molar-refractivity contribution in [3.63, 3.8) is 0 Å². The molecule has 2 unspecified atom stereocenters. The number of carbonyl (C=O) groups is 1. The lowest BCUT2D eigenvalue weighted by Crippen LogP contribution is -2.31. The summed E-state index contributed by atoms with van der Waals surface area (Å²) < 4.78 is 0. The van der Waals surface area contributed by atoms with Crippen LogP contribution in [0.3, 0.4) is 0 Å². The molecule has 94 valence electrons. The van der Waals surface area contributed by atoms with Crippen molar-refractivity contribution in [3.8, 4) is 0 Å². The van der Waals surface area contributed by atoms with E-state index in [1.165, 1.54) is 5.56 Å². The van der Waals surface area contributed by atoms with Gasteiger partial charge >= 0.3 is 0 Å². The number of thiophene rings is 1. The number of nitrogens with two attached hydrogens (primary N) is 1. The second-order valence-electron chi connectivity index (χ2n) is 4.82. The minimum atomic E-state index is 0.112. The highest BCUT2D eigenvalue weighted by molar-refractivity contribution is 7.07. The van der Waals surface area contributed by atoms with Crippen LogP contribution in [-0.2, 0) is 4.79 Å². The number of carbonyl (C=O) groups excluding carboxylic acids is 1. The minimum Gasteiger partial charge on any atom is -0.336 e. The fourth-order valence-electron chi connectivity index (χ4n) is 2.37. The zero-order chi connectivity index (χ0) is 12.3. The molecular formula is C13H20N2OS. The van der Waals surface area contributed by atoms with Gasteiger partial charge in [-0.15, -0.1) is 0 Å². The van der Waals surface area contributed by atoms with Gasteiger partial charge in [0.25, 0.3) is 0 Å². The number of rotatable bonds is 4. The average molecular weight is 252 g/mol. The van der Waals surface area contributed by atoms with E-state index in [2.05, 4.69) is 16.8 Å². The Bertz CT molecular complexity index is 362. The number of nitrogens with zero attached hydrogens (tertiary/aromatic N) is 1. The molecule has 1 aliphatic heterocycles. The second kappa shape index (κ2) is 5.65. The molecule has 1 saturated heterocycles. The third kappa shape index (κ3) is 3.07. The fourth-order valence-corrected chi connectivity index (χ4v) is 3.08. The van der Waals surface area contributed by atoms with E-state index >= 15 is 0 Å². The van der Waals surface area contributed by atoms with Gasteiger partial charge < -0.3 is 10.6 Å². The summed E-state index contributed by atoms with van der Waals surface area (Å²) in [6, 6.07) is 2.55. The van der Waals surface area contributed by atoms with Gasteiger partial charge in [-0.2, -0.15) is 11.3 Å². The highest BCUT2D eigenvalue weighted by atomic mass is 32.1. The van der Waals surface area contributed by atoms with Crippen LogP contribution in [-0.4, -0.2) is 23.4 Å². The molecule has 1 aromatic heterocycles. The summed E-state index contributed by atoms with van der Waals surface area (Å²) in [5, 5.41) is 4.24. The van der Waals surface area contributed by atoms with Crippen molar-refractivity contribution in [2.45, 2.75) is 44.7 Å². The molecule has 1 amide bonds. The Kier molecular flexibility index (Phi) is 4.18. The van der Waals surface area contributed by atoms with Gasteiger partial charge in [0.2, 0.25) is 5.91 Å². The van der Waals surface area contributed by atoms with Crippen molar-refractivity contribution in [1.82, 2.24) is 4.90 Å². The number of hydrogen-bond acceptors (Lipinski definition) is 3. The number of hydrogen-bond donors (Lipinski definition) is 1. The molecule has 1 fully saturated rings. The maximum Gasteiger partial charge on any atom is 0.223 e. The molecular weight excluding hydrogens is 232 g/mol. The Morgan fingerprint density at radius 2 is 2.53 bits per heavy atom. The van der Waals surface area contributed by atoms with E-state index < -0.39 is 0 Å². The summed E-state index contributed by atoms with van der Waals surface area (Å²) in [5.41, 5.74) is 6.99. The molecule has 2 heterocycles. The molecule has 2 N–H and O–H groups in total. The Morgan fingerprint density at radius 1 is 1.71 bits per heavy atom. The third-order valence-corrected chi connectivity index (χ3v) is 4.02. The van der Waals surface area contributed by atoms with Crippen LogP contribution >= 0.6 is 11.3 Å². The Hall–Kier alpha value is -0.870. The van der Waals surface area contributed by atoms with Crippen molar-refractivity contribution in [1.29, 1.82) is 0 Å². The molecule has 4 heteroatoms. The quantitative estimate of drug-likeness (QED) is 0.895. The fraction of sp³-hybridized carbons (Fsp3) is 0.615. The Morgan fingerprint density at radius 3 is 3.18 bits per heavy atom. The molecule has 0 aromatic carbocycles. The molecule has 2 atom stereocenters. The number of likely N-dealkylation sites (tertiary alicyclic amines) is 1. The first kappa shape index (κ1) is 12.6. The predicted molar refractivity (Wildman–Crippen MR) is 70.9 cm³/mol. The lowest BCUT2D eigenvalue weighted by Gasteiger charge is -2.24. The van der Waals surface area contributed by atoms with Gasteiger partial charge in [0.1, 0.15) is 0 Å². The van der Waals surface area contributed by atoms with Gasteiger partial charge in [0, 0.05) is 19.0 Å². The van der Waals surface area contributed by atoms with Gasteiger partial charge in [-0.25, -0.2) is 0 Å². The monoisotopic (exact) mass is 252 g/mol. The smallest absolute Gasteiger partial charge is 0.223 e. The summed E-state index contributed by atoms with van der Waals surface area (Å²) >= 11 is 1.70. The first-order valence-electron chi connectivity index (χ1n) is 6.25. The number of amides is 1. The minimum absolute atomic E-state index is 0.112. The standard InChI is InChI=1S/C13H20N2OS/c1-10(14)4-5-13(16)15-7-2-3-12(15)11-6-8-17-9-11/h6,8-10,12H,2-5,7,14H2,1H3. The Balaban J connectivity index is 1.97. The van der Waals surface area contributed by atoms with Crippen LogP contribution in [0.2, 0.25) is 0 Å². The van der Waals surface area contributed by atoms with Crippen LogP contribution in [0, 0.1) is 0 Å². The van der Waals surface area contributed by atoms with Gasteiger partial charge in [0.15, 0.2) is 0 Å². The van der Waals surface area contributed by atoms with Crippen molar-refractivity contribution in [2.24, 2.45) is 5.73 Å². The maximum absolute atomic E-state index is 12.1. The van der Waals surface area contributed by atoms with Crippen molar-refractivity contribution in [3.05, 3.63) is 22.4 Å². The summed E-state index contributed by atoms with van der Waals surface area (Å²) in [4.78, 5) is 14.2. The summed E-state index contributed by atoms with van der Waals surface area (Å²) in [5.74, 6) is 0.260. The van der Waals surface area contributed by atoms with Gasteiger partial charge in [0.05, 0.1) is 6.04 Å². The second-order valence-corrected chi connectivity index (χ2v) is 5.60. The van der Waals surface area contributed by atoms with Gasteiger partial charge in [-0.1, -0.05) is 0 Å².